The molecule has 4 nitrogen and oxygen atoms in total. The van der Waals surface area contributed by atoms with Crippen LogP contribution in [-0.4, -0.2) is 40.8 Å². The first kappa shape index (κ1) is 14.5. The smallest absolute Gasteiger partial charge is 0.323 e. The van der Waals surface area contributed by atoms with Crippen LogP contribution < -0.4 is 0 Å². The quantitative estimate of drug-likeness (QED) is 0.863. The van der Waals surface area contributed by atoms with Crippen molar-refractivity contribution in [1.29, 1.82) is 0 Å². The normalized spacial score (nSPS) is 33.1. The molecule has 0 radical (unpaired) electrons. The van der Waals surface area contributed by atoms with Crippen LogP contribution in [0, 0.1) is 5.92 Å². The van der Waals surface area contributed by atoms with Gasteiger partial charge in [0, 0.05) is 18.0 Å². The highest BCUT2D eigenvalue weighted by Gasteiger charge is 2.55. The van der Waals surface area contributed by atoms with Crippen molar-refractivity contribution in [3.05, 3.63) is 35.9 Å². The van der Waals surface area contributed by atoms with Crippen molar-refractivity contribution in [3.8, 4) is 0 Å². The third-order valence-electron chi connectivity index (χ3n) is 4.96. The van der Waals surface area contributed by atoms with Gasteiger partial charge in [-0.1, -0.05) is 30.3 Å². The SMILES string of the molecule is CCOC(=O)[C@@H]1[C@@H]2CC(C[C@H]2O)N1[C@H](C)c1ccccc1. The van der Waals surface area contributed by atoms with Crippen molar-refractivity contribution in [2.75, 3.05) is 6.61 Å². The van der Waals surface area contributed by atoms with E-state index in [4.69, 9.17) is 4.74 Å². The minimum absolute atomic E-state index is 0.0141. The number of rotatable bonds is 4. The van der Waals surface area contributed by atoms with Gasteiger partial charge in [0.05, 0.1) is 12.7 Å². The number of carbonyl (C=O) groups excluding carboxylic acids is 1. The molecular formula is C17H23NO3. The second-order valence-electron chi connectivity index (χ2n) is 6.09. The molecule has 2 aliphatic rings. The molecule has 1 saturated carbocycles. The number of aliphatic hydroxyl groups is 1. The van der Waals surface area contributed by atoms with Gasteiger partial charge >= 0.3 is 5.97 Å². The van der Waals surface area contributed by atoms with Gasteiger partial charge in [-0.2, -0.15) is 0 Å². The summed E-state index contributed by atoms with van der Waals surface area (Å²) in [6.07, 6.45) is 1.28. The highest BCUT2D eigenvalue weighted by atomic mass is 16.5. The summed E-state index contributed by atoms with van der Waals surface area (Å²) in [5.74, 6) is -0.174. The van der Waals surface area contributed by atoms with Gasteiger partial charge in [0.25, 0.3) is 0 Å². The van der Waals surface area contributed by atoms with Gasteiger partial charge in [-0.25, -0.2) is 0 Å². The van der Waals surface area contributed by atoms with E-state index >= 15 is 0 Å². The summed E-state index contributed by atoms with van der Waals surface area (Å²) in [6.45, 7) is 4.34. The van der Waals surface area contributed by atoms with Crippen LogP contribution in [0.3, 0.4) is 0 Å². The first-order valence-corrected chi connectivity index (χ1v) is 7.80. The Morgan fingerprint density at radius 2 is 2.10 bits per heavy atom. The number of benzene rings is 1. The summed E-state index contributed by atoms with van der Waals surface area (Å²) in [5.41, 5.74) is 1.20. The molecule has 1 aromatic rings. The molecule has 1 N–H and O–H groups in total. The van der Waals surface area contributed by atoms with Crippen molar-refractivity contribution in [1.82, 2.24) is 4.90 Å². The molecule has 2 bridgehead atoms. The predicted octanol–water partition coefficient (Wildman–Crippen LogP) is 2.13. The zero-order chi connectivity index (χ0) is 15.0. The van der Waals surface area contributed by atoms with E-state index in [-0.39, 0.29) is 36.1 Å². The van der Waals surface area contributed by atoms with Crippen LogP contribution in [0.2, 0.25) is 0 Å². The molecule has 1 saturated heterocycles. The fourth-order valence-electron chi connectivity index (χ4n) is 4.04. The van der Waals surface area contributed by atoms with Gasteiger partial charge in [-0.15, -0.1) is 0 Å². The van der Waals surface area contributed by atoms with Gasteiger partial charge in [0.15, 0.2) is 0 Å². The lowest BCUT2D eigenvalue weighted by Gasteiger charge is -2.39. The fraction of sp³-hybridized carbons (Fsp3) is 0.588. The lowest BCUT2D eigenvalue weighted by Crippen LogP contribution is -2.51. The minimum atomic E-state index is -0.372. The van der Waals surface area contributed by atoms with Gasteiger partial charge in [-0.05, 0) is 32.3 Å². The van der Waals surface area contributed by atoms with E-state index in [1.807, 2.05) is 25.1 Å². The van der Waals surface area contributed by atoms with Crippen LogP contribution in [0.15, 0.2) is 30.3 Å². The summed E-state index contributed by atoms with van der Waals surface area (Å²) in [4.78, 5) is 14.6. The Kier molecular flexibility index (Phi) is 4.00. The van der Waals surface area contributed by atoms with E-state index in [9.17, 15) is 9.90 Å². The summed E-state index contributed by atoms with van der Waals surface area (Å²) < 4.78 is 5.25. The number of carbonyl (C=O) groups is 1. The average Bonchev–Trinajstić information content (AvgIpc) is 3.04. The van der Waals surface area contributed by atoms with Gasteiger partial charge in [-0.3, -0.25) is 9.69 Å². The highest BCUT2D eigenvalue weighted by molar-refractivity contribution is 5.77. The highest BCUT2D eigenvalue weighted by Crippen LogP contribution is 2.47. The Morgan fingerprint density at radius 1 is 1.38 bits per heavy atom. The predicted molar refractivity (Wildman–Crippen MR) is 79.6 cm³/mol. The molecular weight excluding hydrogens is 266 g/mol. The molecule has 0 amide bonds. The third-order valence-corrected chi connectivity index (χ3v) is 4.96. The summed E-state index contributed by atoms with van der Waals surface area (Å²) in [5, 5.41) is 10.1. The van der Waals surface area contributed by atoms with Crippen LogP contribution in [0.5, 0.6) is 0 Å². The van der Waals surface area contributed by atoms with E-state index < -0.39 is 0 Å². The monoisotopic (exact) mass is 289 g/mol. The number of ether oxygens (including phenoxy) is 1. The molecule has 2 fully saturated rings. The first-order chi connectivity index (χ1) is 10.1. The lowest BCUT2D eigenvalue weighted by atomic mass is 9.93. The third kappa shape index (κ3) is 2.47. The average molecular weight is 289 g/mol. The minimum Gasteiger partial charge on any atom is -0.465 e. The van der Waals surface area contributed by atoms with Crippen LogP contribution in [-0.2, 0) is 9.53 Å². The van der Waals surface area contributed by atoms with E-state index in [1.54, 1.807) is 0 Å². The number of nitrogens with zero attached hydrogens (tertiary/aromatic N) is 1. The largest absolute Gasteiger partial charge is 0.465 e. The Balaban J connectivity index is 1.87. The van der Waals surface area contributed by atoms with Crippen LogP contribution in [0.1, 0.15) is 38.3 Å². The Bertz CT molecular complexity index is 504. The number of hydrogen-bond acceptors (Lipinski definition) is 4. The maximum absolute atomic E-state index is 12.4. The van der Waals surface area contributed by atoms with Gasteiger partial charge in [0.1, 0.15) is 6.04 Å². The van der Waals surface area contributed by atoms with Crippen LogP contribution >= 0.6 is 0 Å². The molecule has 1 aliphatic heterocycles. The zero-order valence-corrected chi connectivity index (χ0v) is 12.6. The van der Waals surface area contributed by atoms with Crippen molar-refractivity contribution in [2.45, 2.75) is 50.9 Å². The lowest BCUT2D eigenvalue weighted by molar-refractivity contribution is -0.155. The van der Waals surface area contributed by atoms with Crippen molar-refractivity contribution >= 4 is 5.97 Å². The Hall–Kier alpha value is -1.39. The molecule has 1 aromatic carbocycles. The number of esters is 1. The van der Waals surface area contributed by atoms with Crippen LogP contribution in [0.4, 0.5) is 0 Å². The molecule has 4 heteroatoms. The van der Waals surface area contributed by atoms with Crippen molar-refractivity contribution in [3.63, 3.8) is 0 Å². The molecule has 114 valence electrons. The fourth-order valence-corrected chi connectivity index (χ4v) is 4.04. The van der Waals surface area contributed by atoms with Crippen LogP contribution in [0.25, 0.3) is 0 Å². The molecule has 21 heavy (non-hydrogen) atoms. The maximum atomic E-state index is 12.4. The number of fused-ring (bicyclic) bond motifs is 2. The number of hydrogen-bond donors (Lipinski definition) is 1. The summed E-state index contributed by atoms with van der Waals surface area (Å²) >= 11 is 0. The van der Waals surface area contributed by atoms with E-state index in [0.717, 1.165) is 12.8 Å². The second kappa shape index (κ2) is 5.78. The summed E-state index contributed by atoms with van der Waals surface area (Å²) in [7, 11) is 0. The zero-order valence-electron chi connectivity index (χ0n) is 12.6. The Morgan fingerprint density at radius 3 is 2.76 bits per heavy atom. The number of likely N-dealkylation sites (tertiary alicyclic amines) is 1. The molecule has 1 aliphatic carbocycles. The molecule has 1 unspecified atom stereocenters. The second-order valence-corrected chi connectivity index (χ2v) is 6.09. The van der Waals surface area contributed by atoms with Crippen molar-refractivity contribution < 1.29 is 14.6 Å². The van der Waals surface area contributed by atoms with Gasteiger partial charge in [0.2, 0.25) is 0 Å². The first-order valence-electron chi connectivity index (χ1n) is 7.80. The maximum Gasteiger partial charge on any atom is 0.323 e. The molecule has 0 aromatic heterocycles. The van der Waals surface area contributed by atoms with Crippen molar-refractivity contribution in [2.24, 2.45) is 5.92 Å². The molecule has 1 heterocycles. The summed E-state index contributed by atoms with van der Waals surface area (Å²) in [6, 6.07) is 10.3. The van der Waals surface area contributed by atoms with E-state index in [1.165, 1.54) is 5.56 Å². The standard InChI is InChI=1S/C17H23NO3/c1-3-21-17(20)16-14-9-13(10-15(14)19)18(16)11(2)12-7-5-4-6-8-12/h4-8,11,13-16,19H,3,9-10H2,1-2H3/t11-,13?,14-,15-,16+/m1/s1. The molecule has 0 spiro atoms. The number of piperidine rings is 1. The number of aliphatic hydroxyl groups excluding tert-OH is 1. The molecule has 5 atom stereocenters. The van der Waals surface area contributed by atoms with E-state index in [0.29, 0.717) is 6.61 Å². The van der Waals surface area contributed by atoms with Gasteiger partial charge < -0.3 is 9.84 Å². The molecule has 3 rings (SSSR count). The van der Waals surface area contributed by atoms with E-state index in [2.05, 4.69) is 24.0 Å². The topological polar surface area (TPSA) is 49.8 Å². The Labute approximate surface area is 125 Å².